The molecule has 0 atom stereocenters. The topological polar surface area (TPSA) is 41.6 Å². The Kier molecular flexibility index (Phi) is 5.14. The van der Waals surface area contributed by atoms with Crippen molar-refractivity contribution in [2.24, 2.45) is 0 Å². The minimum atomic E-state index is 1.06. The molecule has 3 aromatic heterocycles. The van der Waals surface area contributed by atoms with Gasteiger partial charge in [0.15, 0.2) is 0 Å². The van der Waals surface area contributed by atoms with Crippen LogP contribution in [0.4, 0.5) is 0 Å². The highest BCUT2D eigenvalue weighted by molar-refractivity contribution is 6.06. The molecule has 0 fully saturated rings. The number of aromatic nitrogens is 3. The molecule has 0 radical (unpaired) electrons. The number of rotatable bonds is 0. The average Bonchev–Trinajstić information content (AvgIpc) is 2.82. The Labute approximate surface area is 102 Å². The summed E-state index contributed by atoms with van der Waals surface area (Å²) in [5.74, 6) is 0. The maximum atomic E-state index is 4.06. The van der Waals surface area contributed by atoms with Crippen LogP contribution in [-0.4, -0.2) is 15.0 Å². The van der Waals surface area contributed by atoms with Gasteiger partial charge in [-0.2, -0.15) is 0 Å². The van der Waals surface area contributed by atoms with E-state index in [0.29, 0.717) is 0 Å². The van der Waals surface area contributed by atoms with Crippen LogP contribution in [0.25, 0.3) is 21.8 Å². The quantitative estimate of drug-likeness (QED) is 0.628. The third kappa shape index (κ3) is 2.61. The first-order valence-electron chi connectivity index (χ1n) is 6.10. The third-order valence-corrected chi connectivity index (χ3v) is 2.20. The maximum absolute atomic E-state index is 4.06. The molecule has 0 aliphatic heterocycles. The van der Waals surface area contributed by atoms with E-state index in [2.05, 4.69) is 15.0 Å². The SMILES string of the molecule is CC.CC.c1cc2c(cn1)[nH]c1cnccc12. The van der Waals surface area contributed by atoms with E-state index in [0.717, 1.165) is 11.0 Å². The van der Waals surface area contributed by atoms with Gasteiger partial charge in [-0.1, -0.05) is 27.7 Å². The number of pyridine rings is 2. The Hall–Kier alpha value is -1.90. The van der Waals surface area contributed by atoms with Gasteiger partial charge < -0.3 is 4.98 Å². The molecule has 0 aliphatic carbocycles. The molecular formula is C14H19N3. The Bertz CT molecular complexity index is 519. The van der Waals surface area contributed by atoms with Crippen molar-refractivity contribution in [3.63, 3.8) is 0 Å². The Balaban J connectivity index is 0.000000330. The lowest BCUT2D eigenvalue weighted by atomic mass is 10.2. The van der Waals surface area contributed by atoms with E-state index >= 15 is 0 Å². The molecular weight excluding hydrogens is 210 g/mol. The Morgan fingerprint density at radius 2 is 1.18 bits per heavy atom. The lowest BCUT2D eigenvalue weighted by molar-refractivity contribution is 1.33. The Morgan fingerprint density at radius 1 is 0.765 bits per heavy atom. The molecule has 17 heavy (non-hydrogen) atoms. The molecule has 1 N–H and O–H groups in total. The van der Waals surface area contributed by atoms with Crippen LogP contribution in [0.1, 0.15) is 27.7 Å². The molecule has 90 valence electrons. The lowest BCUT2D eigenvalue weighted by Crippen LogP contribution is -1.69. The van der Waals surface area contributed by atoms with E-state index in [1.807, 2.05) is 52.2 Å². The van der Waals surface area contributed by atoms with Crippen LogP contribution in [-0.2, 0) is 0 Å². The monoisotopic (exact) mass is 229 g/mol. The number of fused-ring (bicyclic) bond motifs is 3. The third-order valence-electron chi connectivity index (χ3n) is 2.20. The highest BCUT2D eigenvalue weighted by atomic mass is 14.8. The molecule has 0 bridgehead atoms. The summed E-state index contributed by atoms with van der Waals surface area (Å²) in [5, 5.41) is 2.40. The summed E-state index contributed by atoms with van der Waals surface area (Å²) in [7, 11) is 0. The summed E-state index contributed by atoms with van der Waals surface area (Å²) in [4.78, 5) is 11.4. The fourth-order valence-electron chi connectivity index (χ4n) is 1.60. The molecule has 3 heteroatoms. The first kappa shape index (κ1) is 13.2. The van der Waals surface area contributed by atoms with Gasteiger partial charge in [0.2, 0.25) is 0 Å². The molecule has 0 unspecified atom stereocenters. The van der Waals surface area contributed by atoms with Gasteiger partial charge in [0, 0.05) is 23.2 Å². The second kappa shape index (κ2) is 6.63. The summed E-state index contributed by atoms with van der Waals surface area (Å²) >= 11 is 0. The van der Waals surface area contributed by atoms with Crippen molar-refractivity contribution >= 4 is 21.8 Å². The van der Waals surface area contributed by atoms with Gasteiger partial charge in [-0.15, -0.1) is 0 Å². The van der Waals surface area contributed by atoms with Crippen molar-refractivity contribution in [3.05, 3.63) is 36.9 Å². The summed E-state index contributed by atoms with van der Waals surface area (Å²) in [6, 6.07) is 4.02. The highest BCUT2D eigenvalue weighted by Gasteiger charge is 2.01. The van der Waals surface area contributed by atoms with Crippen LogP contribution in [0.15, 0.2) is 36.9 Å². The van der Waals surface area contributed by atoms with Crippen molar-refractivity contribution < 1.29 is 0 Å². The number of nitrogens with zero attached hydrogens (tertiary/aromatic N) is 2. The number of hydrogen-bond donors (Lipinski definition) is 1. The Morgan fingerprint density at radius 3 is 1.59 bits per heavy atom. The van der Waals surface area contributed by atoms with Crippen LogP contribution >= 0.6 is 0 Å². The zero-order chi connectivity index (χ0) is 12.7. The van der Waals surface area contributed by atoms with E-state index in [4.69, 9.17) is 0 Å². The molecule has 0 aliphatic rings. The van der Waals surface area contributed by atoms with Crippen LogP contribution in [0.5, 0.6) is 0 Å². The second-order valence-corrected chi connectivity index (χ2v) is 2.97. The molecule has 0 spiro atoms. The zero-order valence-corrected chi connectivity index (χ0v) is 10.9. The van der Waals surface area contributed by atoms with Crippen molar-refractivity contribution in [2.45, 2.75) is 27.7 Å². The number of H-pyrrole nitrogens is 1. The van der Waals surface area contributed by atoms with Gasteiger partial charge in [-0.25, -0.2) is 0 Å². The van der Waals surface area contributed by atoms with Crippen LogP contribution in [0.2, 0.25) is 0 Å². The molecule has 0 amide bonds. The fraction of sp³-hybridized carbons (Fsp3) is 0.286. The van der Waals surface area contributed by atoms with Crippen molar-refractivity contribution in [1.29, 1.82) is 0 Å². The van der Waals surface area contributed by atoms with E-state index in [-0.39, 0.29) is 0 Å². The molecule has 0 aromatic carbocycles. The predicted molar refractivity (Wildman–Crippen MR) is 74.1 cm³/mol. The second-order valence-electron chi connectivity index (χ2n) is 2.97. The van der Waals surface area contributed by atoms with Crippen molar-refractivity contribution in [2.75, 3.05) is 0 Å². The lowest BCUT2D eigenvalue weighted by Gasteiger charge is -1.86. The largest absolute Gasteiger partial charge is 0.352 e. The van der Waals surface area contributed by atoms with Gasteiger partial charge in [-0.05, 0) is 12.1 Å². The fourth-order valence-corrected chi connectivity index (χ4v) is 1.60. The van der Waals surface area contributed by atoms with E-state index in [1.54, 1.807) is 12.4 Å². The van der Waals surface area contributed by atoms with Gasteiger partial charge in [0.05, 0.1) is 23.4 Å². The smallest absolute Gasteiger partial charge is 0.0651 e. The van der Waals surface area contributed by atoms with Crippen molar-refractivity contribution in [1.82, 2.24) is 15.0 Å². The normalized spacial score (nSPS) is 9.18. The number of nitrogens with one attached hydrogen (secondary N) is 1. The molecule has 0 saturated carbocycles. The predicted octanol–water partition coefficient (Wildman–Crippen LogP) is 4.16. The zero-order valence-electron chi connectivity index (χ0n) is 10.9. The number of aromatic amines is 1. The van der Waals surface area contributed by atoms with Gasteiger partial charge in [0.25, 0.3) is 0 Å². The van der Waals surface area contributed by atoms with E-state index in [9.17, 15) is 0 Å². The molecule has 3 aromatic rings. The van der Waals surface area contributed by atoms with Gasteiger partial charge in [0.1, 0.15) is 0 Å². The summed E-state index contributed by atoms with van der Waals surface area (Å²) in [6.45, 7) is 8.00. The van der Waals surface area contributed by atoms with E-state index < -0.39 is 0 Å². The first-order chi connectivity index (χ1) is 8.45. The average molecular weight is 229 g/mol. The van der Waals surface area contributed by atoms with Gasteiger partial charge >= 0.3 is 0 Å². The van der Waals surface area contributed by atoms with Gasteiger partial charge in [-0.3, -0.25) is 9.97 Å². The van der Waals surface area contributed by atoms with Crippen LogP contribution in [0, 0.1) is 0 Å². The van der Waals surface area contributed by atoms with Crippen LogP contribution in [0.3, 0.4) is 0 Å². The molecule has 3 nitrogen and oxygen atoms in total. The minimum Gasteiger partial charge on any atom is -0.352 e. The number of hydrogen-bond acceptors (Lipinski definition) is 2. The minimum absolute atomic E-state index is 1.06. The molecule has 3 rings (SSSR count). The summed E-state index contributed by atoms with van der Waals surface area (Å²) < 4.78 is 0. The molecule has 0 saturated heterocycles. The van der Waals surface area contributed by atoms with E-state index in [1.165, 1.54) is 10.8 Å². The maximum Gasteiger partial charge on any atom is 0.0651 e. The van der Waals surface area contributed by atoms with Crippen molar-refractivity contribution in [3.8, 4) is 0 Å². The summed E-state index contributed by atoms with van der Waals surface area (Å²) in [5.41, 5.74) is 2.12. The summed E-state index contributed by atoms with van der Waals surface area (Å²) in [6.07, 6.45) is 7.26. The highest BCUT2D eigenvalue weighted by Crippen LogP contribution is 2.22. The first-order valence-corrected chi connectivity index (χ1v) is 6.10. The standard InChI is InChI=1S/C10H7N3.2C2H6/c1-3-11-5-9-7(1)8-2-4-12-6-10(8)13-9;2*1-2/h1-6,13H;2*1-2H3. The van der Waals surface area contributed by atoms with Crippen LogP contribution < -0.4 is 0 Å². The molecule has 3 heterocycles.